The summed E-state index contributed by atoms with van der Waals surface area (Å²) in [6, 6.07) is 9.72. The fourth-order valence-corrected chi connectivity index (χ4v) is 1.58. The van der Waals surface area contributed by atoms with E-state index in [1.807, 2.05) is 0 Å². The van der Waals surface area contributed by atoms with Crippen LogP contribution in [0.5, 0.6) is 5.75 Å². The normalized spacial score (nSPS) is 10.1. The zero-order valence-electron chi connectivity index (χ0n) is 8.62. The average molecular weight is 232 g/mol. The summed E-state index contributed by atoms with van der Waals surface area (Å²) in [5.41, 5.74) is 4.61. The van der Waals surface area contributed by atoms with Gasteiger partial charge in [-0.2, -0.15) is 0 Å². The molecule has 0 aliphatic heterocycles. The molecule has 0 heterocycles. The first-order valence-corrected chi connectivity index (χ1v) is 4.73. The Morgan fingerprint density at radius 2 is 1.94 bits per heavy atom. The van der Waals surface area contributed by atoms with Gasteiger partial charge in [-0.15, -0.1) is 0 Å². The van der Waals surface area contributed by atoms with Gasteiger partial charge in [0.25, 0.3) is 0 Å². The summed E-state index contributed by atoms with van der Waals surface area (Å²) < 4.78 is 4.72. The zero-order chi connectivity index (χ0) is 12.4. The molecule has 2 rings (SSSR count). The molecule has 0 aromatic heterocycles. The molecule has 0 radical (unpaired) electrons. The number of hydrogen-bond donors (Lipinski definition) is 1. The summed E-state index contributed by atoms with van der Waals surface area (Å²) in [5, 5.41) is 12.0. The maximum Gasteiger partial charge on any atom is 0.410 e. The van der Waals surface area contributed by atoms with Gasteiger partial charge in [0, 0.05) is 11.5 Å². The van der Waals surface area contributed by atoms with Crippen LogP contribution in [0.1, 0.15) is 0 Å². The van der Waals surface area contributed by atoms with Crippen LogP contribution in [0.2, 0.25) is 0 Å². The van der Waals surface area contributed by atoms with Crippen LogP contribution in [0.15, 0.2) is 36.4 Å². The second kappa shape index (κ2) is 4.09. The number of hydrogen-bond acceptors (Lipinski definition) is 4. The number of fused-ring (bicyclic) bond motifs is 1. The van der Waals surface area contributed by atoms with E-state index in [0.29, 0.717) is 5.39 Å². The van der Waals surface area contributed by atoms with Crippen molar-refractivity contribution >= 4 is 22.6 Å². The van der Waals surface area contributed by atoms with Crippen LogP contribution < -0.4 is 10.5 Å². The Morgan fingerprint density at radius 3 is 2.59 bits per heavy atom. The van der Waals surface area contributed by atoms with Gasteiger partial charge in [0.2, 0.25) is 5.75 Å². The van der Waals surface area contributed by atoms with Crippen molar-refractivity contribution in [2.24, 2.45) is 5.73 Å². The molecule has 0 spiro atoms. The Labute approximate surface area is 95.7 Å². The third-order valence-electron chi connectivity index (χ3n) is 2.26. The standard InChI is InChI=1S/C11H8N2O4/c12-11(14)17-10-8-4-2-1-3-7(8)5-6-9(10)13(15)16/h1-6H,(H2,12,14). The largest absolute Gasteiger partial charge is 0.410 e. The minimum atomic E-state index is -1.08. The minimum absolute atomic E-state index is 0.124. The second-order valence-corrected chi connectivity index (χ2v) is 3.31. The Balaban J connectivity index is 2.74. The van der Waals surface area contributed by atoms with Crippen LogP contribution in [0.25, 0.3) is 10.8 Å². The maximum atomic E-state index is 10.8. The van der Waals surface area contributed by atoms with E-state index in [-0.39, 0.29) is 11.4 Å². The predicted octanol–water partition coefficient (Wildman–Crippen LogP) is 2.21. The van der Waals surface area contributed by atoms with E-state index in [2.05, 4.69) is 0 Å². The highest BCUT2D eigenvalue weighted by atomic mass is 16.6. The van der Waals surface area contributed by atoms with E-state index < -0.39 is 11.0 Å². The number of nitrogens with two attached hydrogens (primary N) is 1. The highest BCUT2D eigenvalue weighted by Crippen LogP contribution is 2.35. The third-order valence-corrected chi connectivity index (χ3v) is 2.26. The van der Waals surface area contributed by atoms with Crippen molar-refractivity contribution in [3.05, 3.63) is 46.5 Å². The summed E-state index contributed by atoms with van der Waals surface area (Å²) in [4.78, 5) is 21.0. The Bertz CT molecular complexity index is 609. The maximum absolute atomic E-state index is 10.8. The first-order chi connectivity index (χ1) is 8.09. The minimum Gasteiger partial charge on any atom is -0.402 e. The average Bonchev–Trinajstić information content (AvgIpc) is 2.28. The number of ether oxygens (including phenoxy) is 1. The quantitative estimate of drug-likeness (QED) is 0.634. The molecule has 0 unspecified atom stereocenters. The second-order valence-electron chi connectivity index (χ2n) is 3.31. The summed E-state index contributed by atoms with van der Waals surface area (Å²) in [7, 11) is 0. The number of amides is 1. The predicted molar refractivity (Wildman–Crippen MR) is 60.8 cm³/mol. The van der Waals surface area contributed by atoms with Crippen LogP contribution in [0, 0.1) is 10.1 Å². The molecule has 86 valence electrons. The Kier molecular flexibility index (Phi) is 2.61. The molecule has 0 aliphatic carbocycles. The number of nitro groups is 1. The highest BCUT2D eigenvalue weighted by Gasteiger charge is 2.19. The van der Waals surface area contributed by atoms with E-state index in [1.54, 1.807) is 30.3 Å². The fourth-order valence-electron chi connectivity index (χ4n) is 1.58. The first kappa shape index (κ1) is 10.9. The van der Waals surface area contributed by atoms with Crippen molar-refractivity contribution in [2.75, 3.05) is 0 Å². The van der Waals surface area contributed by atoms with Crippen molar-refractivity contribution in [1.82, 2.24) is 0 Å². The van der Waals surface area contributed by atoms with E-state index in [1.165, 1.54) is 6.07 Å². The van der Waals surface area contributed by atoms with Crippen molar-refractivity contribution in [2.45, 2.75) is 0 Å². The lowest BCUT2D eigenvalue weighted by Crippen LogP contribution is -2.17. The van der Waals surface area contributed by atoms with Crippen LogP contribution >= 0.6 is 0 Å². The topological polar surface area (TPSA) is 95.5 Å². The van der Waals surface area contributed by atoms with E-state index >= 15 is 0 Å². The molecule has 0 aliphatic rings. The van der Waals surface area contributed by atoms with Gasteiger partial charge in [-0.3, -0.25) is 10.1 Å². The van der Waals surface area contributed by atoms with Crippen molar-refractivity contribution in [1.29, 1.82) is 0 Å². The summed E-state index contributed by atoms with van der Waals surface area (Å²) in [6.45, 7) is 0. The van der Waals surface area contributed by atoms with Crippen LogP contribution in [-0.2, 0) is 0 Å². The van der Waals surface area contributed by atoms with Crippen molar-refractivity contribution in [3.8, 4) is 5.75 Å². The number of rotatable bonds is 2. The fraction of sp³-hybridized carbons (Fsp3) is 0. The number of nitro benzene ring substituents is 1. The van der Waals surface area contributed by atoms with Gasteiger partial charge in [0.15, 0.2) is 0 Å². The molecule has 6 nitrogen and oxygen atoms in total. The lowest BCUT2D eigenvalue weighted by molar-refractivity contribution is -0.385. The SMILES string of the molecule is NC(=O)Oc1c([N+](=O)[O-])ccc2ccccc12. The van der Waals surface area contributed by atoms with Gasteiger partial charge in [-0.05, 0) is 11.5 Å². The highest BCUT2D eigenvalue weighted by molar-refractivity contribution is 5.93. The number of primary amides is 1. The number of carbonyl (C=O) groups excluding carboxylic acids is 1. The molecular weight excluding hydrogens is 224 g/mol. The number of carbonyl (C=O) groups is 1. The molecule has 17 heavy (non-hydrogen) atoms. The lowest BCUT2D eigenvalue weighted by Gasteiger charge is -2.06. The monoisotopic (exact) mass is 232 g/mol. The van der Waals surface area contributed by atoms with Gasteiger partial charge >= 0.3 is 11.8 Å². The van der Waals surface area contributed by atoms with E-state index in [9.17, 15) is 14.9 Å². The third kappa shape index (κ3) is 2.00. The molecule has 1 amide bonds. The number of nitrogens with zero attached hydrogens (tertiary/aromatic N) is 1. The molecule has 2 aromatic carbocycles. The van der Waals surface area contributed by atoms with Crippen molar-refractivity contribution < 1.29 is 14.5 Å². The molecule has 0 fully saturated rings. The molecule has 0 atom stereocenters. The van der Waals surface area contributed by atoms with Gasteiger partial charge in [0.05, 0.1) is 4.92 Å². The van der Waals surface area contributed by atoms with Gasteiger partial charge < -0.3 is 10.5 Å². The van der Waals surface area contributed by atoms with Gasteiger partial charge in [-0.1, -0.05) is 24.3 Å². The van der Waals surface area contributed by atoms with E-state index in [0.717, 1.165) is 5.39 Å². The molecule has 2 aromatic rings. The Morgan fingerprint density at radius 1 is 1.24 bits per heavy atom. The van der Waals surface area contributed by atoms with Crippen LogP contribution in [-0.4, -0.2) is 11.0 Å². The first-order valence-electron chi connectivity index (χ1n) is 4.73. The van der Waals surface area contributed by atoms with Gasteiger partial charge in [-0.25, -0.2) is 4.79 Å². The molecule has 0 saturated carbocycles. The summed E-state index contributed by atoms with van der Waals surface area (Å²) in [6.07, 6.45) is -1.08. The summed E-state index contributed by atoms with van der Waals surface area (Å²) >= 11 is 0. The molecule has 0 bridgehead atoms. The van der Waals surface area contributed by atoms with Gasteiger partial charge in [0.1, 0.15) is 0 Å². The van der Waals surface area contributed by atoms with Crippen molar-refractivity contribution in [3.63, 3.8) is 0 Å². The zero-order valence-corrected chi connectivity index (χ0v) is 8.62. The smallest absolute Gasteiger partial charge is 0.402 e. The molecule has 2 N–H and O–H groups in total. The summed E-state index contributed by atoms with van der Waals surface area (Å²) in [5.74, 6) is -0.124. The Hall–Kier alpha value is -2.63. The number of benzene rings is 2. The molecular formula is C11H8N2O4. The van der Waals surface area contributed by atoms with Crippen LogP contribution in [0.4, 0.5) is 10.5 Å². The molecule has 6 heteroatoms. The lowest BCUT2D eigenvalue weighted by atomic mass is 10.1. The molecule has 0 saturated heterocycles. The van der Waals surface area contributed by atoms with Crippen LogP contribution in [0.3, 0.4) is 0 Å². The van der Waals surface area contributed by atoms with E-state index in [4.69, 9.17) is 10.5 Å².